The molecular formula is C12H16O3Ti. The second-order valence-electron chi connectivity index (χ2n) is 3.67. The van der Waals surface area contributed by atoms with Gasteiger partial charge in [-0.25, -0.2) is 0 Å². The van der Waals surface area contributed by atoms with Crippen LogP contribution in [0.4, 0.5) is 0 Å². The predicted octanol–water partition coefficient (Wildman–Crippen LogP) is 2.11. The molecule has 0 unspecified atom stereocenters. The standard InChI is InChI=1S/3C3H3O.C3H7.Ti/c3*1-2-3-4;1-3-2;/h3*2H,1H2;3H,1-2H3;. The summed E-state index contributed by atoms with van der Waals surface area (Å²) < 4.78 is -1.57. The molecule has 0 N–H and O–H groups in total. The van der Waals surface area contributed by atoms with E-state index < -0.39 is 28.9 Å². The van der Waals surface area contributed by atoms with E-state index in [1.165, 1.54) is 0 Å². The summed E-state index contributed by atoms with van der Waals surface area (Å²) in [6.45, 7) is 13.5. The van der Waals surface area contributed by atoms with Gasteiger partial charge in [0.1, 0.15) is 0 Å². The summed E-state index contributed by atoms with van der Waals surface area (Å²) in [7, 11) is 0. The molecule has 0 aromatic carbocycles. The fraction of sp³-hybridized carbons (Fsp3) is 0.250. The fourth-order valence-electron chi connectivity index (χ4n) is 1.70. The Hall–Kier alpha value is -1.06. The van der Waals surface area contributed by atoms with Crippen LogP contribution in [0.1, 0.15) is 13.8 Å². The Morgan fingerprint density at radius 3 is 1.25 bits per heavy atom. The van der Waals surface area contributed by atoms with Gasteiger partial charge in [0, 0.05) is 0 Å². The van der Waals surface area contributed by atoms with Crippen molar-refractivity contribution in [3.8, 4) is 0 Å². The second kappa shape index (κ2) is 5.87. The summed E-state index contributed by atoms with van der Waals surface area (Å²) in [6.07, 6.45) is 3.22. The first-order valence-corrected chi connectivity index (χ1v) is 8.14. The molecule has 0 bridgehead atoms. The van der Waals surface area contributed by atoms with Crippen molar-refractivity contribution in [2.24, 2.45) is 0 Å². The third kappa shape index (κ3) is 2.20. The quantitative estimate of drug-likeness (QED) is 0.517. The zero-order valence-electron chi connectivity index (χ0n) is 9.66. The zero-order valence-corrected chi connectivity index (χ0v) is 11.2. The number of carbonyl (C=O) groups is 3. The van der Waals surface area contributed by atoms with E-state index >= 15 is 0 Å². The average molecular weight is 256 g/mol. The van der Waals surface area contributed by atoms with Crippen molar-refractivity contribution in [3.05, 3.63) is 38.0 Å². The first-order valence-electron chi connectivity index (χ1n) is 4.90. The Morgan fingerprint density at radius 1 is 0.875 bits per heavy atom. The first kappa shape index (κ1) is 14.9. The summed E-state index contributed by atoms with van der Waals surface area (Å²) in [4.78, 5) is 35.7. The number of allylic oxidation sites excluding steroid dienone is 3. The Morgan fingerprint density at radius 2 is 1.12 bits per heavy atom. The van der Waals surface area contributed by atoms with Crippen molar-refractivity contribution in [1.29, 1.82) is 0 Å². The van der Waals surface area contributed by atoms with Gasteiger partial charge in [0.25, 0.3) is 0 Å². The van der Waals surface area contributed by atoms with E-state index in [1.807, 2.05) is 0 Å². The van der Waals surface area contributed by atoms with Crippen LogP contribution in [0.15, 0.2) is 38.0 Å². The van der Waals surface area contributed by atoms with Gasteiger partial charge in [0.05, 0.1) is 0 Å². The van der Waals surface area contributed by atoms with Crippen molar-refractivity contribution in [2.75, 3.05) is 0 Å². The van der Waals surface area contributed by atoms with E-state index in [1.54, 1.807) is 13.8 Å². The Labute approximate surface area is 99.3 Å². The normalized spacial score (nSPS) is 10.7. The monoisotopic (exact) mass is 256 g/mol. The fourth-order valence-corrected chi connectivity index (χ4v) is 7.01. The molecule has 0 saturated heterocycles. The summed E-state index contributed by atoms with van der Waals surface area (Å²) >= 11 is -4.05. The van der Waals surface area contributed by atoms with E-state index in [-0.39, 0.29) is 4.22 Å². The Bertz CT molecular complexity index is 316. The molecule has 0 radical (unpaired) electrons. The van der Waals surface area contributed by atoms with Crippen molar-refractivity contribution in [2.45, 2.75) is 18.1 Å². The van der Waals surface area contributed by atoms with Gasteiger partial charge < -0.3 is 0 Å². The minimum atomic E-state index is -4.05. The Kier molecular flexibility index (Phi) is 5.49. The van der Waals surface area contributed by atoms with E-state index in [4.69, 9.17) is 0 Å². The van der Waals surface area contributed by atoms with Gasteiger partial charge in [-0.1, -0.05) is 0 Å². The Balaban J connectivity index is 5.97. The molecule has 0 aliphatic heterocycles. The molecular weight excluding hydrogens is 240 g/mol. The van der Waals surface area contributed by atoms with Gasteiger partial charge in [0.15, 0.2) is 0 Å². The summed E-state index contributed by atoms with van der Waals surface area (Å²) in [5, 5.41) is 0. The summed E-state index contributed by atoms with van der Waals surface area (Å²) in [6, 6.07) is 0. The average Bonchev–Trinajstić information content (AvgIpc) is 2.28. The molecule has 0 aliphatic rings. The minimum absolute atomic E-state index is 0.290. The SMILES string of the molecule is C=C[C](=O)[Ti]([C](=O)C=C)([C](=O)C=C)[CH](C)C. The number of hydrogen-bond donors (Lipinski definition) is 0. The van der Waals surface area contributed by atoms with Crippen LogP contribution in [0.25, 0.3) is 0 Å². The second-order valence-corrected chi connectivity index (χ2v) is 10.3. The molecule has 0 saturated carbocycles. The molecule has 0 spiro atoms. The van der Waals surface area contributed by atoms with Gasteiger partial charge in [-0.3, -0.25) is 0 Å². The molecule has 0 fully saturated rings. The van der Waals surface area contributed by atoms with Crippen molar-refractivity contribution in [3.63, 3.8) is 0 Å². The van der Waals surface area contributed by atoms with Crippen LogP contribution in [0.3, 0.4) is 0 Å². The molecule has 0 aliphatic carbocycles. The van der Waals surface area contributed by atoms with Crippen LogP contribution in [0.5, 0.6) is 0 Å². The van der Waals surface area contributed by atoms with Crippen LogP contribution in [-0.4, -0.2) is 12.3 Å². The van der Waals surface area contributed by atoms with Crippen molar-refractivity contribution in [1.82, 2.24) is 0 Å². The van der Waals surface area contributed by atoms with E-state index in [0.717, 1.165) is 18.2 Å². The number of carbonyl (C=O) groups excluding carboxylic acids is 3. The third-order valence-corrected chi connectivity index (χ3v) is 9.89. The van der Waals surface area contributed by atoms with Crippen LogP contribution in [0.2, 0.25) is 4.22 Å². The van der Waals surface area contributed by atoms with Crippen LogP contribution in [0, 0.1) is 0 Å². The molecule has 86 valence electrons. The maximum absolute atomic E-state index is 11.9. The van der Waals surface area contributed by atoms with Gasteiger partial charge in [-0.15, -0.1) is 0 Å². The molecule has 4 heteroatoms. The third-order valence-electron chi connectivity index (χ3n) is 2.59. The van der Waals surface area contributed by atoms with E-state index in [9.17, 15) is 14.4 Å². The van der Waals surface area contributed by atoms with Gasteiger partial charge in [0.2, 0.25) is 0 Å². The molecule has 0 heterocycles. The molecule has 0 rings (SSSR count). The maximum atomic E-state index is 11.9. The van der Waals surface area contributed by atoms with Gasteiger partial charge in [-0.2, -0.15) is 0 Å². The zero-order chi connectivity index (χ0) is 12.9. The summed E-state index contributed by atoms with van der Waals surface area (Å²) in [5.41, 5.74) is 0. The topological polar surface area (TPSA) is 51.2 Å². The van der Waals surface area contributed by atoms with Crippen LogP contribution in [-0.2, 0) is 31.0 Å². The van der Waals surface area contributed by atoms with Gasteiger partial charge in [-0.05, 0) is 0 Å². The summed E-state index contributed by atoms with van der Waals surface area (Å²) in [5.74, 6) is 0. The number of rotatable bonds is 7. The van der Waals surface area contributed by atoms with Crippen molar-refractivity contribution >= 4 is 12.3 Å². The molecule has 16 heavy (non-hydrogen) atoms. The molecule has 0 atom stereocenters. The van der Waals surface area contributed by atoms with E-state index in [2.05, 4.69) is 19.7 Å². The van der Waals surface area contributed by atoms with Crippen molar-refractivity contribution < 1.29 is 31.0 Å². The van der Waals surface area contributed by atoms with Crippen LogP contribution >= 0.6 is 0 Å². The number of hydrogen-bond acceptors (Lipinski definition) is 3. The van der Waals surface area contributed by atoms with E-state index in [0.29, 0.717) is 0 Å². The molecule has 0 aromatic rings. The van der Waals surface area contributed by atoms with Gasteiger partial charge >= 0.3 is 99.3 Å². The first-order chi connectivity index (χ1) is 7.39. The van der Waals surface area contributed by atoms with Crippen LogP contribution < -0.4 is 0 Å². The predicted molar refractivity (Wildman–Crippen MR) is 60.7 cm³/mol. The molecule has 3 nitrogen and oxygen atoms in total. The molecule has 0 aromatic heterocycles. The molecule has 0 amide bonds.